The molecule has 3 rings (SSSR count). The van der Waals surface area contributed by atoms with Crippen LogP contribution in [0.25, 0.3) is 11.3 Å². The Labute approximate surface area is 119 Å². The van der Waals surface area contributed by atoms with Gasteiger partial charge in [-0.05, 0) is 38.5 Å². The maximum Gasteiger partial charge on any atom is 0.149 e. The molecule has 1 aromatic heterocycles. The fourth-order valence-electron chi connectivity index (χ4n) is 2.47. The van der Waals surface area contributed by atoms with Crippen LogP contribution in [0, 0.1) is 0 Å². The van der Waals surface area contributed by atoms with Gasteiger partial charge in [-0.2, -0.15) is 0 Å². The number of aromatic nitrogens is 2. The fraction of sp³-hybridized carbons (Fsp3) is 0.375. The van der Waals surface area contributed by atoms with E-state index in [-0.39, 0.29) is 0 Å². The highest BCUT2D eigenvalue weighted by atomic mass is 16.5. The molecule has 0 spiro atoms. The van der Waals surface area contributed by atoms with Gasteiger partial charge in [0.1, 0.15) is 22.9 Å². The lowest BCUT2D eigenvalue weighted by Gasteiger charge is -2.34. The van der Waals surface area contributed by atoms with E-state index in [1.807, 2.05) is 30.3 Å². The summed E-state index contributed by atoms with van der Waals surface area (Å²) in [6, 6.07) is 10.0. The molecule has 0 amide bonds. The average Bonchev–Trinajstić information content (AvgIpc) is 2.45. The first-order valence-electron chi connectivity index (χ1n) is 7.02. The molecule has 0 saturated carbocycles. The second kappa shape index (κ2) is 4.78. The summed E-state index contributed by atoms with van der Waals surface area (Å²) >= 11 is 0. The monoisotopic (exact) mass is 269 g/mol. The predicted octanol–water partition coefficient (Wildman–Crippen LogP) is 3.59. The predicted molar refractivity (Wildman–Crippen MR) is 79.9 cm³/mol. The first kappa shape index (κ1) is 12.9. The van der Waals surface area contributed by atoms with E-state index in [4.69, 9.17) is 4.74 Å². The fourth-order valence-corrected chi connectivity index (χ4v) is 2.47. The quantitative estimate of drug-likeness (QED) is 0.925. The molecular weight excluding hydrogens is 250 g/mol. The van der Waals surface area contributed by atoms with Crippen molar-refractivity contribution in [2.45, 2.75) is 32.8 Å². The van der Waals surface area contributed by atoms with Crippen molar-refractivity contribution >= 4 is 5.82 Å². The van der Waals surface area contributed by atoms with Gasteiger partial charge in [-0.25, -0.2) is 0 Å². The number of hydrogen-bond donors (Lipinski definition) is 1. The highest BCUT2D eigenvalue weighted by molar-refractivity contribution is 5.73. The van der Waals surface area contributed by atoms with Crippen molar-refractivity contribution in [3.63, 3.8) is 0 Å². The summed E-state index contributed by atoms with van der Waals surface area (Å²) in [4.78, 5) is 0. The second-order valence-electron chi connectivity index (χ2n) is 5.53. The van der Waals surface area contributed by atoms with Crippen LogP contribution in [0.15, 0.2) is 30.3 Å². The lowest BCUT2D eigenvalue weighted by molar-refractivity contribution is 0.105. The molecule has 4 heteroatoms. The number of fused-ring (bicyclic) bond motifs is 3. The van der Waals surface area contributed by atoms with Gasteiger partial charge in [-0.3, -0.25) is 0 Å². The second-order valence-corrected chi connectivity index (χ2v) is 5.53. The molecule has 0 aliphatic carbocycles. The molecule has 2 heterocycles. The van der Waals surface area contributed by atoms with Gasteiger partial charge in [0.2, 0.25) is 0 Å². The van der Waals surface area contributed by atoms with Crippen LogP contribution >= 0.6 is 0 Å². The van der Waals surface area contributed by atoms with E-state index < -0.39 is 5.60 Å². The number of ether oxygens (including phenoxy) is 1. The highest BCUT2D eigenvalue weighted by Crippen LogP contribution is 2.43. The van der Waals surface area contributed by atoms with Crippen LogP contribution in [0.3, 0.4) is 0 Å². The van der Waals surface area contributed by atoms with E-state index in [0.29, 0.717) is 0 Å². The van der Waals surface area contributed by atoms with Crippen LogP contribution < -0.4 is 10.1 Å². The van der Waals surface area contributed by atoms with E-state index in [9.17, 15) is 0 Å². The summed E-state index contributed by atoms with van der Waals surface area (Å²) in [6.07, 6.45) is 1.06. The normalized spacial score (nSPS) is 14.9. The van der Waals surface area contributed by atoms with Crippen molar-refractivity contribution in [1.82, 2.24) is 10.2 Å². The zero-order valence-corrected chi connectivity index (χ0v) is 12.1. The van der Waals surface area contributed by atoms with Gasteiger partial charge in [0.25, 0.3) is 0 Å². The molecule has 1 aliphatic heterocycles. The minimum absolute atomic E-state index is 0.401. The molecule has 0 saturated heterocycles. The van der Waals surface area contributed by atoms with Gasteiger partial charge in [0.15, 0.2) is 0 Å². The first-order valence-corrected chi connectivity index (χ1v) is 7.02. The number of hydrogen-bond acceptors (Lipinski definition) is 4. The molecule has 0 atom stereocenters. The van der Waals surface area contributed by atoms with Crippen LogP contribution in [-0.2, 0) is 5.60 Å². The van der Waals surface area contributed by atoms with Gasteiger partial charge in [0, 0.05) is 17.7 Å². The van der Waals surface area contributed by atoms with Crippen molar-refractivity contribution in [3.05, 3.63) is 35.9 Å². The maximum atomic E-state index is 6.11. The lowest BCUT2D eigenvalue weighted by Crippen LogP contribution is -2.30. The number of para-hydroxylation sites is 1. The molecule has 2 aromatic rings. The molecule has 1 aromatic carbocycles. The Kier molecular flexibility index (Phi) is 3.08. The molecule has 0 bridgehead atoms. The number of benzene rings is 1. The van der Waals surface area contributed by atoms with Crippen molar-refractivity contribution < 1.29 is 4.74 Å². The topological polar surface area (TPSA) is 47.0 Å². The van der Waals surface area contributed by atoms with Gasteiger partial charge in [-0.15, -0.1) is 10.2 Å². The van der Waals surface area contributed by atoms with Crippen LogP contribution in [0.1, 0.15) is 32.8 Å². The molecule has 0 unspecified atom stereocenters. The Morgan fingerprint density at radius 1 is 1.20 bits per heavy atom. The minimum atomic E-state index is -0.401. The third kappa shape index (κ3) is 2.11. The van der Waals surface area contributed by atoms with Gasteiger partial charge in [0.05, 0.1) is 0 Å². The summed E-state index contributed by atoms with van der Waals surface area (Å²) in [5, 5.41) is 12.0. The molecular formula is C16H19N3O. The molecule has 0 fully saturated rings. The first-order chi connectivity index (χ1) is 9.62. The lowest BCUT2D eigenvalue weighted by atomic mass is 9.90. The van der Waals surface area contributed by atoms with Gasteiger partial charge < -0.3 is 10.1 Å². The Morgan fingerprint density at radius 3 is 2.80 bits per heavy atom. The van der Waals surface area contributed by atoms with E-state index in [1.165, 1.54) is 0 Å². The third-order valence-electron chi connectivity index (χ3n) is 3.51. The minimum Gasteiger partial charge on any atom is -0.482 e. The van der Waals surface area contributed by atoms with Gasteiger partial charge in [-0.1, -0.05) is 19.1 Å². The number of rotatable bonds is 3. The maximum absolute atomic E-state index is 6.11. The zero-order chi connectivity index (χ0) is 14.2. The molecule has 104 valence electrons. The van der Waals surface area contributed by atoms with Crippen molar-refractivity contribution in [2.24, 2.45) is 0 Å². The Balaban J connectivity index is 2.10. The summed E-state index contributed by atoms with van der Waals surface area (Å²) in [5.74, 6) is 1.68. The number of anilines is 1. The van der Waals surface area contributed by atoms with Crippen molar-refractivity contribution in [1.29, 1.82) is 0 Å². The summed E-state index contributed by atoms with van der Waals surface area (Å²) in [6.45, 7) is 7.15. The highest BCUT2D eigenvalue weighted by Gasteiger charge is 2.34. The standard InChI is InChI=1S/C16H19N3O/c1-4-9-17-14-10-12-15(19-18-14)11-7-5-6-8-13(11)20-16(12,2)3/h5-8,10H,4,9H2,1-3H3,(H,17,18). The SMILES string of the molecule is CCCNc1cc2c(nn1)-c1ccccc1OC2(C)C. The molecule has 1 aliphatic rings. The summed E-state index contributed by atoms with van der Waals surface area (Å²) < 4.78 is 6.11. The van der Waals surface area contributed by atoms with Crippen LogP contribution in [0.4, 0.5) is 5.82 Å². The molecule has 0 radical (unpaired) electrons. The van der Waals surface area contributed by atoms with Gasteiger partial charge >= 0.3 is 0 Å². The van der Waals surface area contributed by atoms with E-state index >= 15 is 0 Å². The Bertz CT molecular complexity index is 637. The smallest absolute Gasteiger partial charge is 0.149 e. The van der Waals surface area contributed by atoms with Crippen molar-refractivity contribution in [2.75, 3.05) is 11.9 Å². The van der Waals surface area contributed by atoms with E-state index in [0.717, 1.165) is 41.4 Å². The zero-order valence-electron chi connectivity index (χ0n) is 12.1. The van der Waals surface area contributed by atoms with E-state index in [2.05, 4.69) is 36.3 Å². The third-order valence-corrected chi connectivity index (χ3v) is 3.51. The largest absolute Gasteiger partial charge is 0.482 e. The Hall–Kier alpha value is -2.10. The molecule has 1 N–H and O–H groups in total. The average molecular weight is 269 g/mol. The summed E-state index contributed by atoms with van der Waals surface area (Å²) in [5.41, 5.74) is 2.60. The van der Waals surface area contributed by atoms with E-state index in [1.54, 1.807) is 0 Å². The van der Waals surface area contributed by atoms with Crippen molar-refractivity contribution in [3.8, 4) is 17.0 Å². The van der Waals surface area contributed by atoms with Crippen LogP contribution in [0.5, 0.6) is 5.75 Å². The number of nitrogens with one attached hydrogen (secondary N) is 1. The Morgan fingerprint density at radius 2 is 2.00 bits per heavy atom. The van der Waals surface area contributed by atoms with Crippen LogP contribution in [0.2, 0.25) is 0 Å². The number of nitrogens with zero attached hydrogens (tertiary/aromatic N) is 2. The summed E-state index contributed by atoms with van der Waals surface area (Å²) in [7, 11) is 0. The molecule has 20 heavy (non-hydrogen) atoms. The van der Waals surface area contributed by atoms with Crippen LogP contribution in [-0.4, -0.2) is 16.7 Å². The molecule has 4 nitrogen and oxygen atoms in total.